The predicted octanol–water partition coefficient (Wildman–Crippen LogP) is 2.30. The molecule has 5 heteroatoms. The SMILES string of the molecule is CCc1nsc(Nc2ccccc2CN)n1. The molecule has 0 saturated carbocycles. The molecular weight excluding hydrogens is 220 g/mol. The number of aryl methyl sites for hydroxylation is 1. The van der Waals surface area contributed by atoms with Crippen LogP contribution in [0.25, 0.3) is 0 Å². The number of para-hydroxylation sites is 1. The summed E-state index contributed by atoms with van der Waals surface area (Å²) in [4.78, 5) is 4.35. The van der Waals surface area contributed by atoms with Gasteiger partial charge in [0, 0.05) is 30.2 Å². The zero-order valence-corrected chi connectivity index (χ0v) is 9.92. The first-order valence-electron chi connectivity index (χ1n) is 5.21. The fraction of sp³-hybridized carbons (Fsp3) is 0.273. The van der Waals surface area contributed by atoms with E-state index in [1.54, 1.807) is 0 Å². The number of hydrogen-bond donors (Lipinski definition) is 2. The monoisotopic (exact) mass is 234 g/mol. The highest BCUT2D eigenvalue weighted by atomic mass is 32.1. The summed E-state index contributed by atoms with van der Waals surface area (Å²) in [5.41, 5.74) is 7.75. The minimum absolute atomic E-state index is 0.516. The van der Waals surface area contributed by atoms with Gasteiger partial charge in [0.05, 0.1) is 0 Å². The van der Waals surface area contributed by atoms with Crippen molar-refractivity contribution >= 4 is 22.4 Å². The number of rotatable bonds is 4. The van der Waals surface area contributed by atoms with Gasteiger partial charge in [0.1, 0.15) is 5.82 Å². The Morgan fingerprint density at radius 3 is 2.88 bits per heavy atom. The molecule has 84 valence electrons. The van der Waals surface area contributed by atoms with Gasteiger partial charge in [-0.2, -0.15) is 4.37 Å². The Bertz CT molecular complexity index is 467. The maximum Gasteiger partial charge on any atom is 0.207 e. The lowest BCUT2D eigenvalue weighted by Crippen LogP contribution is -2.01. The molecule has 4 nitrogen and oxygen atoms in total. The molecule has 0 spiro atoms. The van der Waals surface area contributed by atoms with Gasteiger partial charge in [0.2, 0.25) is 5.13 Å². The first kappa shape index (κ1) is 11.0. The number of hydrogen-bond acceptors (Lipinski definition) is 5. The van der Waals surface area contributed by atoms with Gasteiger partial charge in [-0.15, -0.1) is 0 Å². The summed E-state index contributed by atoms with van der Waals surface area (Å²) in [7, 11) is 0. The van der Waals surface area contributed by atoms with Crippen molar-refractivity contribution in [2.24, 2.45) is 5.73 Å². The third-order valence-electron chi connectivity index (χ3n) is 2.26. The third kappa shape index (κ3) is 2.37. The van der Waals surface area contributed by atoms with Gasteiger partial charge in [-0.3, -0.25) is 0 Å². The second-order valence-electron chi connectivity index (χ2n) is 3.36. The molecule has 0 unspecified atom stereocenters. The summed E-state index contributed by atoms with van der Waals surface area (Å²) in [5, 5.41) is 4.06. The second kappa shape index (κ2) is 5.05. The van der Waals surface area contributed by atoms with E-state index in [9.17, 15) is 0 Å². The summed E-state index contributed by atoms with van der Waals surface area (Å²) in [6.45, 7) is 2.56. The van der Waals surface area contributed by atoms with Crippen molar-refractivity contribution < 1.29 is 0 Å². The van der Waals surface area contributed by atoms with Gasteiger partial charge in [-0.25, -0.2) is 4.98 Å². The van der Waals surface area contributed by atoms with Crippen LogP contribution >= 0.6 is 11.5 Å². The molecule has 0 aliphatic heterocycles. The van der Waals surface area contributed by atoms with Crippen LogP contribution in [0, 0.1) is 0 Å². The zero-order chi connectivity index (χ0) is 11.4. The van der Waals surface area contributed by atoms with Gasteiger partial charge in [0.15, 0.2) is 0 Å². The lowest BCUT2D eigenvalue weighted by molar-refractivity contribution is 1.000. The molecule has 16 heavy (non-hydrogen) atoms. The Balaban J connectivity index is 2.19. The van der Waals surface area contributed by atoms with Crippen molar-refractivity contribution in [3.8, 4) is 0 Å². The lowest BCUT2D eigenvalue weighted by atomic mass is 10.2. The van der Waals surface area contributed by atoms with E-state index in [1.807, 2.05) is 31.2 Å². The quantitative estimate of drug-likeness (QED) is 0.852. The highest BCUT2D eigenvalue weighted by molar-refractivity contribution is 7.09. The van der Waals surface area contributed by atoms with Gasteiger partial charge in [-0.1, -0.05) is 25.1 Å². The Labute approximate surface area is 98.7 Å². The zero-order valence-electron chi connectivity index (χ0n) is 9.10. The van der Waals surface area contributed by atoms with Crippen LogP contribution in [-0.2, 0) is 13.0 Å². The molecule has 1 aromatic carbocycles. The number of aromatic nitrogens is 2. The number of anilines is 2. The Morgan fingerprint density at radius 1 is 1.38 bits per heavy atom. The minimum Gasteiger partial charge on any atom is -0.330 e. The van der Waals surface area contributed by atoms with E-state index in [1.165, 1.54) is 11.5 Å². The Morgan fingerprint density at radius 2 is 2.19 bits per heavy atom. The average molecular weight is 234 g/mol. The third-order valence-corrected chi connectivity index (χ3v) is 2.93. The topological polar surface area (TPSA) is 63.8 Å². The molecule has 2 rings (SSSR count). The van der Waals surface area contributed by atoms with E-state index in [0.717, 1.165) is 28.6 Å². The Hall–Kier alpha value is -1.46. The van der Waals surface area contributed by atoms with Crippen molar-refractivity contribution in [1.82, 2.24) is 9.36 Å². The summed E-state index contributed by atoms with van der Waals surface area (Å²) >= 11 is 1.38. The predicted molar refractivity (Wildman–Crippen MR) is 66.9 cm³/mol. The summed E-state index contributed by atoms with van der Waals surface area (Å²) in [6.07, 6.45) is 0.858. The average Bonchev–Trinajstić information content (AvgIpc) is 2.77. The molecule has 1 aromatic heterocycles. The van der Waals surface area contributed by atoms with E-state index in [4.69, 9.17) is 5.73 Å². The molecule has 1 heterocycles. The molecule has 3 N–H and O–H groups in total. The van der Waals surface area contributed by atoms with E-state index in [0.29, 0.717) is 6.54 Å². The Kier molecular flexibility index (Phi) is 3.48. The molecule has 0 atom stereocenters. The molecule has 0 aliphatic carbocycles. The summed E-state index contributed by atoms with van der Waals surface area (Å²) in [6, 6.07) is 7.95. The van der Waals surface area contributed by atoms with Crippen LogP contribution in [0.4, 0.5) is 10.8 Å². The maximum absolute atomic E-state index is 5.66. The first-order chi connectivity index (χ1) is 7.83. The largest absolute Gasteiger partial charge is 0.330 e. The lowest BCUT2D eigenvalue weighted by Gasteiger charge is -2.06. The van der Waals surface area contributed by atoms with Crippen molar-refractivity contribution in [3.05, 3.63) is 35.7 Å². The van der Waals surface area contributed by atoms with E-state index >= 15 is 0 Å². The highest BCUT2D eigenvalue weighted by Crippen LogP contribution is 2.21. The number of nitrogens with zero attached hydrogens (tertiary/aromatic N) is 2. The molecule has 0 saturated heterocycles. The molecule has 0 bridgehead atoms. The van der Waals surface area contributed by atoms with Gasteiger partial charge < -0.3 is 11.1 Å². The van der Waals surface area contributed by atoms with Crippen LogP contribution in [0.5, 0.6) is 0 Å². The maximum atomic E-state index is 5.66. The van der Waals surface area contributed by atoms with Crippen LogP contribution in [0.2, 0.25) is 0 Å². The molecule has 0 amide bonds. The number of nitrogens with one attached hydrogen (secondary N) is 1. The molecule has 0 radical (unpaired) electrons. The molecule has 0 aliphatic rings. The second-order valence-corrected chi connectivity index (χ2v) is 4.11. The van der Waals surface area contributed by atoms with Crippen molar-refractivity contribution in [2.75, 3.05) is 5.32 Å². The van der Waals surface area contributed by atoms with Crippen molar-refractivity contribution in [1.29, 1.82) is 0 Å². The van der Waals surface area contributed by atoms with Gasteiger partial charge in [0.25, 0.3) is 0 Å². The molecule has 0 fully saturated rings. The van der Waals surface area contributed by atoms with Crippen LogP contribution in [0.15, 0.2) is 24.3 Å². The fourth-order valence-electron chi connectivity index (χ4n) is 1.38. The fourth-order valence-corrected chi connectivity index (χ4v) is 2.05. The van der Waals surface area contributed by atoms with Gasteiger partial charge >= 0.3 is 0 Å². The van der Waals surface area contributed by atoms with E-state index in [2.05, 4.69) is 14.7 Å². The normalized spacial score (nSPS) is 10.4. The number of benzene rings is 1. The summed E-state index contributed by atoms with van der Waals surface area (Å²) < 4.78 is 4.22. The van der Waals surface area contributed by atoms with E-state index < -0.39 is 0 Å². The molecular formula is C11H14N4S. The minimum atomic E-state index is 0.516. The van der Waals surface area contributed by atoms with Gasteiger partial charge in [-0.05, 0) is 11.6 Å². The van der Waals surface area contributed by atoms with Crippen LogP contribution in [0.3, 0.4) is 0 Å². The standard InChI is InChI=1S/C11H14N4S/c1-2-10-14-11(16-15-10)13-9-6-4-3-5-8(9)7-12/h3-6H,2,7,12H2,1H3,(H,13,14,15). The molecule has 2 aromatic rings. The van der Waals surface area contributed by atoms with Crippen LogP contribution in [0.1, 0.15) is 18.3 Å². The van der Waals surface area contributed by atoms with Crippen LogP contribution in [-0.4, -0.2) is 9.36 Å². The number of nitrogens with two attached hydrogens (primary N) is 1. The summed E-state index contributed by atoms with van der Waals surface area (Å²) in [5.74, 6) is 0.873. The highest BCUT2D eigenvalue weighted by Gasteiger charge is 2.04. The van der Waals surface area contributed by atoms with Crippen molar-refractivity contribution in [2.45, 2.75) is 19.9 Å². The smallest absolute Gasteiger partial charge is 0.207 e. The van der Waals surface area contributed by atoms with Crippen LogP contribution < -0.4 is 11.1 Å². The van der Waals surface area contributed by atoms with Crippen molar-refractivity contribution in [3.63, 3.8) is 0 Å². The first-order valence-corrected chi connectivity index (χ1v) is 5.98. The van der Waals surface area contributed by atoms with E-state index in [-0.39, 0.29) is 0 Å².